The van der Waals surface area contributed by atoms with Crippen molar-refractivity contribution in [3.05, 3.63) is 28.6 Å². The summed E-state index contributed by atoms with van der Waals surface area (Å²) in [6.45, 7) is 6.24. The number of furan rings is 1. The summed E-state index contributed by atoms with van der Waals surface area (Å²) in [5, 5.41) is 0. The van der Waals surface area contributed by atoms with Crippen molar-refractivity contribution in [3.63, 3.8) is 0 Å². The lowest BCUT2D eigenvalue weighted by molar-refractivity contribution is 0.543. The molecule has 0 aromatic carbocycles. The summed E-state index contributed by atoms with van der Waals surface area (Å²) in [5.41, 5.74) is 3.36. The normalized spacial score (nSPS) is 11.6. The Kier molecular flexibility index (Phi) is 3.41. The van der Waals surface area contributed by atoms with E-state index in [0.29, 0.717) is 22.1 Å². The molecule has 2 aromatic heterocycles. The van der Waals surface area contributed by atoms with E-state index in [1.165, 1.54) is 0 Å². The summed E-state index contributed by atoms with van der Waals surface area (Å²) in [5.74, 6) is 7.12. The van der Waals surface area contributed by atoms with Gasteiger partial charge < -0.3 is 9.84 Å². The fraction of sp³-hybridized carbons (Fsp3) is 0.333. The van der Waals surface area contributed by atoms with Gasteiger partial charge in [0.25, 0.3) is 0 Å². The molecule has 2 rings (SSSR count). The number of halogens is 1. The molecular formula is C12H15BrN4O. The van der Waals surface area contributed by atoms with Crippen molar-refractivity contribution < 1.29 is 4.42 Å². The van der Waals surface area contributed by atoms with Crippen molar-refractivity contribution in [2.45, 2.75) is 26.2 Å². The molecule has 0 aliphatic heterocycles. The Morgan fingerprint density at radius 2 is 2.00 bits per heavy atom. The Morgan fingerprint density at radius 1 is 1.28 bits per heavy atom. The summed E-state index contributed by atoms with van der Waals surface area (Å²) in [7, 11) is 0. The van der Waals surface area contributed by atoms with Crippen molar-refractivity contribution in [2.24, 2.45) is 5.84 Å². The van der Waals surface area contributed by atoms with Gasteiger partial charge in [0.1, 0.15) is 5.82 Å². The average molecular weight is 311 g/mol. The van der Waals surface area contributed by atoms with Crippen LogP contribution in [0.5, 0.6) is 0 Å². The zero-order valence-corrected chi connectivity index (χ0v) is 12.1. The van der Waals surface area contributed by atoms with Gasteiger partial charge in [-0.2, -0.15) is 0 Å². The minimum atomic E-state index is -0.0902. The standard InChI is InChI=1S/C12H15BrN4O/c1-12(2,3)8-6-10(17-14)16-11(15-8)7-4-5-9(13)18-7/h4-6H,14H2,1-3H3,(H,15,16,17). The maximum atomic E-state index is 5.46. The van der Waals surface area contributed by atoms with E-state index >= 15 is 0 Å². The predicted molar refractivity (Wildman–Crippen MR) is 73.9 cm³/mol. The molecule has 2 heterocycles. The van der Waals surface area contributed by atoms with Gasteiger partial charge in [0.05, 0.1) is 5.69 Å². The molecule has 0 bridgehead atoms. The van der Waals surface area contributed by atoms with Gasteiger partial charge in [0.2, 0.25) is 0 Å². The molecular weight excluding hydrogens is 296 g/mol. The highest BCUT2D eigenvalue weighted by molar-refractivity contribution is 9.10. The summed E-state index contributed by atoms with van der Waals surface area (Å²) in [4.78, 5) is 8.80. The van der Waals surface area contributed by atoms with Gasteiger partial charge in [-0.3, -0.25) is 0 Å². The first-order valence-corrected chi connectivity index (χ1v) is 6.31. The third-order valence-electron chi connectivity index (χ3n) is 2.44. The van der Waals surface area contributed by atoms with Gasteiger partial charge in [0, 0.05) is 11.5 Å². The first-order valence-electron chi connectivity index (χ1n) is 5.52. The molecule has 0 fully saturated rings. The van der Waals surface area contributed by atoms with Crippen LogP contribution in [-0.2, 0) is 5.41 Å². The van der Waals surface area contributed by atoms with Crippen molar-refractivity contribution >= 4 is 21.7 Å². The Bertz CT molecular complexity index is 559. The van der Waals surface area contributed by atoms with E-state index in [-0.39, 0.29) is 5.41 Å². The van der Waals surface area contributed by atoms with Crippen LogP contribution in [0, 0.1) is 0 Å². The van der Waals surface area contributed by atoms with E-state index in [2.05, 4.69) is 52.1 Å². The van der Waals surface area contributed by atoms with Crippen LogP contribution >= 0.6 is 15.9 Å². The van der Waals surface area contributed by atoms with Crippen LogP contribution < -0.4 is 11.3 Å². The van der Waals surface area contributed by atoms with Crippen LogP contribution in [-0.4, -0.2) is 9.97 Å². The first-order chi connectivity index (χ1) is 8.40. The third kappa shape index (κ3) is 2.70. The molecule has 0 atom stereocenters. The second kappa shape index (κ2) is 4.70. The van der Waals surface area contributed by atoms with Crippen LogP contribution in [0.25, 0.3) is 11.6 Å². The highest BCUT2D eigenvalue weighted by atomic mass is 79.9. The van der Waals surface area contributed by atoms with E-state index < -0.39 is 0 Å². The molecule has 0 radical (unpaired) electrons. The molecule has 0 amide bonds. The molecule has 2 aromatic rings. The second-order valence-corrected chi connectivity index (χ2v) is 5.74. The monoisotopic (exact) mass is 310 g/mol. The molecule has 0 saturated carbocycles. The van der Waals surface area contributed by atoms with Crippen LogP contribution in [0.1, 0.15) is 26.5 Å². The van der Waals surface area contributed by atoms with E-state index in [1.807, 2.05) is 12.1 Å². The van der Waals surface area contributed by atoms with Gasteiger partial charge in [0.15, 0.2) is 16.3 Å². The zero-order valence-electron chi connectivity index (χ0n) is 10.5. The lowest BCUT2D eigenvalue weighted by atomic mass is 9.92. The van der Waals surface area contributed by atoms with Crippen LogP contribution in [0.15, 0.2) is 27.3 Å². The average Bonchev–Trinajstić information content (AvgIpc) is 2.74. The molecule has 0 aliphatic rings. The third-order valence-corrected chi connectivity index (χ3v) is 2.86. The summed E-state index contributed by atoms with van der Waals surface area (Å²) in [6, 6.07) is 5.45. The number of hydrogen-bond acceptors (Lipinski definition) is 5. The van der Waals surface area contributed by atoms with Crippen molar-refractivity contribution in [1.29, 1.82) is 0 Å². The minimum Gasteiger partial charge on any atom is -0.446 e. The molecule has 0 saturated heterocycles. The van der Waals surface area contributed by atoms with Crippen molar-refractivity contribution in [1.82, 2.24) is 9.97 Å². The number of hydrogen-bond donors (Lipinski definition) is 2. The van der Waals surface area contributed by atoms with Crippen LogP contribution in [0.4, 0.5) is 5.82 Å². The van der Waals surface area contributed by atoms with Gasteiger partial charge >= 0.3 is 0 Å². The number of hydrazine groups is 1. The number of nitrogens with one attached hydrogen (secondary N) is 1. The zero-order chi connectivity index (χ0) is 13.3. The second-order valence-electron chi connectivity index (χ2n) is 4.96. The number of nitrogens with two attached hydrogens (primary N) is 1. The highest BCUT2D eigenvalue weighted by Gasteiger charge is 2.19. The topological polar surface area (TPSA) is 77.0 Å². The molecule has 18 heavy (non-hydrogen) atoms. The van der Waals surface area contributed by atoms with E-state index in [1.54, 1.807) is 6.07 Å². The Morgan fingerprint density at radius 3 is 2.50 bits per heavy atom. The number of aromatic nitrogens is 2. The van der Waals surface area contributed by atoms with Crippen LogP contribution in [0.3, 0.4) is 0 Å². The molecule has 5 nitrogen and oxygen atoms in total. The lowest BCUT2D eigenvalue weighted by Gasteiger charge is -2.18. The minimum absolute atomic E-state index is 0.0902. The van der Waals surface area contributed by atoms with Crippen molar-refractivity contribution in [3.8, 4) is 11.6 Å². The van der Waals surface area contributed by atoms with Gasteiger partial charge in [-0.05, 0) is 28.1 Å². The number of anilines is 1. The molecule has 0 unspecified atom stereocenters. The number of nitrogens with zero attached hydrogens (tertiary/aromatic N) is 2. The largest absolute Gasteiger partial charge is 0.446 e. The van der Waals surface area contributed by atoms with E-state index in [9.17, 15) is 0 Å². The fourth-order valence-electron chi connectivity index (χ4n) is 1.45. The Balaban J connectivity index is 2.54. The molecule has 6 heteroatoms. The fourth-order valence-corrected chi connectivity index (χ4v) is 1.76. The smallest absolute Gasteiger partial charge is 0.197 e. The Hall–Kier alpha value is -1.40. The molecule has 0 aliphatic carbocycles. The summed E-state index contributed by atoms with van der Waals surface area (Å²) in [6.07, 6.45) is 0. The summed E-state index contributed by atoms with van der Waals surface area (Å²) >= 11 is 3.26. The van der Waals surface area contributed by atoms with Gasteiger partial charge in [-0.15, -0.1) is 0 Å². The van der Waals surface area contributed by atoms with Gasteiger partial charge in [-0.1, -0.05) is 20.8 Å². The lowest BCUT2D eigenvalue weighted by Crippen LogP contribution is -2.17. The van der Waals surface area contributed by atoms with Gasteiger partial charge in [-0.25, -0.2) is 15.8 Å². The van der Waals surface area contributed by atoms with Crippen molar-refractivity contribution in [2.75, 3.05) is 5.43 Å². The SMILES string of the molecule is CC(C)(C)c1cc(NN)nc(-c2ccc(Br)o2)n1. The first kappa shape index (κ1) is 13.0. The Labute approximate surface area is 114 Å². The quantitative estimate of drug-likeness (QED) is 0.658. The molecule has 3 N–H and O–H groups in total. The molecule has 0 spiro atoms. The maximum absolute atomic E-state index is 5.46. The summed E-state index contributed by atoms with van der Waals surface area (Å²) < 4.78 is 6.10. The van der Waals surface area contributed by atoms with E-state index in [0.717, 1.165) is 5.69 Å². The number of rotatable bonds is 2. The molecule has 96 valence electrons. The van der Waals surface area contributed by atoms with Crippen LogP contribution in [0.2, 0.25) is 0 Å². The van der Waals surface area contributed by atoms with E-state index in [4.69, 9.17) is 10.3 Å². The maximum Gasteiger partial charge on any atom is 0.197 e. The number of nitrogen functional groups attached to an aromatic ring is 1. The highest BCUT2D eigenvalue weighted by Crippen LogP contribution is 2.27. The predicted octanol–water partition coefficient (Wildman–Crippen LogP) is 3.08.